The zero-order valence-electron chi connectivity index (χ0n) is 18.4. The van der Waals surface area contributed by atoms with Crippen molar-refractivity contribution in [2.45, 2.75) is 13.5 Å². The summed E-state index contributed by atoms with van der Waals surface area (Å²) >= 11 is 8.17. The molecular formula is C27H22ClIN2O3. The Labute approximate surface area is 216 Å². The van der Waals surface area contributed by atoms with Crippen molar-refractivity contribution in [3.63, 3.8) is 0 Å². The summed E-state index contributed by atoms with van der Waals surface area (Å²) < 4.78 is 12.7. The van der Waals surface area contributed by atoms with Gasteiger partial charge in [0.05, 0.1) is 16.4 Å². The molecule has 0 saturated carbocycles. The number of halogens is 2. The molecule has 4 aromatic rings. The molecule has 0 aliphatic carbocycles. The highest BCUT2D eigenvalue weighted by molar-refractivity contribution is 14.1. The number of nitrogens with one attached hydrogen (secondary N) is 1. The SMILES string of the molecule is CCOc1cc(C=NNC(=O)c2cccc3ccccc23)cc(I)c1OCc1ccc(Cl)cc1. The molecule has 0 aromatic heterocycles. The Kier molecular flexibility index (Phi) is 8.03. The minimum atomic E-state index is -0.268. The van der Waals surface area contributed by atoms with Crippen LogP contribution in [0.15, 0.2) is 84.0 Å². The average molecular weight is 585 g/mol. The highest BCUT2D eigenvalue weighted by Gasteiger charge is 2.13. The molecule has 0 unspecified atom stereocenters. The first-order valence-electron chi connectivity index (χ1n) is 10.7. The van der Waals surface area contributed by atoms with Crippen molar-refractivity contribution in [1.29, 1.82) is 0 Å². The Bertz CT molecular complexity index is 1330. The molecule has 0 saturated heterocycles. The van der Waals surface area contributed by atoms with Gasteiger partial charge in [-0.1, -0.05) is 60.1 Å². The van der Waals surface area contributed by atoms with Gasteiger partial charge in [-0.15, -0.1) is 0 Å². The summed E-state index contributed by atoms with van der Waals surface area (Å²) in [7, 11) is 0. The summed E-state index contributed by atoms with van der Waals surface area (Å²) in [6.07, 6.45) is 1.59. The van der Waals surface area contributed by atoms with Gasteiger partial charge in [0.1, 0.15) is 6.61 Å². The second-order valence-electron chi connectivity index (χ2n) is 7.40. The number of hydrogen-bond donors (Lipinski definition) is 1. The van der Waals surface area contributed by atoms with E-state index < -0.39 is 0 Å². The molecule has 0 spiro atoms. The van der Waals surface area contributed by atoms with E-state index in [2.05, 4.69) is 33.1 Å². The van der Waals surface area contributed by atoms with Gasteiger partial charge in [-0.3, -0.25) is 4.79 Å². The van der Waals surface area contributed by atoms with Crippen LogP contribution in [0.1, 0.15) is 28.4 Å². The highest BCUT2D eigenvalue weighted by Crippen LogP contribution is 2.34. The second-order valence-corrected chi connectivity index (χ2v) is 9.00. The predicted octanol–water partition coefficient (Wildman–Crippen LogP) is 6.84. The van der Waals surface area contributed by atoms with Crippen LogP contribution in [-0.2, 0) is 6.61 Å². The van der Waals surface area contributed by atoms with Crippen molar-refractivity contribution in [2.24, 2.45) is 5.10 Å². The first kappa shape index (κ1) is 24.0. The minimum Gasteiger partial charge on any atom is -0.490 e. The number of carbonyl (C=O) groups excluding carboxylic acids is 1. The molecule has 172 valence electrons. The first-order valence-corrected chi connectivity index (χ1v) is 12.2. The number of ether oxygens (including phenoxy) is 2. The van der Waals surface area contributed by atoms with Crippen LogP contribution in [0, 0.1) is 3.57 Å². The molecule has 0 radical (unpaired) electrons. The Morgan fingerprint density at radius 2 is 1.79 bits per heavy atom. The van der Waals surface area contributed by atoms with E-state index in [0.29, 0.717) is 35.3 Å². The second kappa shape index (κ2) is 11.4. The van der Waals surface area contributed by atoms with Gasteiger partial charge in [-0.05, 0) is 81.7 Å². The third-order valence-corrected chi connectivity index (χ3v) is 6.10. The first-order chi connectivity index (χ1) is 16.5. The van der Waals surface area contributed by atoms with E-state index in [1.54, 1.807) is 12.3 Å². The number of fused-ring (bicyclic) bond motifs is 1. The lowest BCUT2D eigenvalue weighted by Gasteiger charge is -2.15. The maximum atomic E-state index is 12.7. The van der Waals surface area contributed by atoms with E-state index in [4.69, 9.17) is 21.1 Å². The summed E-state index contributed by atoms with van der Waals surface area (Å²) in [6, 6.07) is 24.7. The summed E-state index contributed by atoms with van der Waals surface area (Å²) in [5.41, 5.74) is 4.98. The van der Waals surface area contributed by atoms with Crippen molar-refractivity contribution in [2.75, 3.05) is 6.61 Å². The quantitative estimate of drug-likeness (QED) is 0.140. The van der Waals surface area contributed by atoms with Gasteiger partial charge in [-0.2, -0.15) is 5.10 Å². The molecule has 0 heterocycles. The van der Waals surface area contributed by atoms with Crippen LogP contribution in [0.4, 0.5) is 0 Å². The number of benzene rings is 4. The van der Waals surface area contributed by atoms with E-state index in [-0.39, 0.29) is 5.91 Å². The standard InChI is InChI=1S/C27H22ClIN2O3/c1-2-33-25-15-19(14-24(29)26(25)34-17-18-10-12-21(28)13-11-18)16-30-31-27(32)23-9-5-7-20-6-3-4-8-22(20)23/h3-16H,2,17H2,1H3,(H,31,32). The van der Waals surface area contributed by atoms with Gasteiger partial charge >= 0.3 is 0 Å². The minimum absolute atomic E-state index is 0.268. The Morgan fingerprint density at radius 1 is 1.03 bits per heavy atom. The molecule has 0 aliphatic rings. The van der Waals surface area contributed by atoms with Gasteiger partial charge in [-0.25, -0.2) is 5.43 Å². The fraction of sp³-hybridized carbons (Fsp3) is 0.111. The number of hydrogen-bond acceptors (Lipinski definition) is 4. The number of carbonyl (C=O) groups is 1. The zero-order valence-corrected chi connectivity index (χ0v) is 21.3. The van der Waals surface area contributed by atoms with Crippen LogP contribution in [-0.4, -0.2) is 18.7 Å². The molecule has 4 rings (SSSR count). The van der Waals surface area contributed by atoms with Crippen LogP contribution in [0.5, 0.6) is 11.5 Å². The smallest absolute Gasteiger partial charge is 0.271 e. The Hall–Kier alpha value is -3.10. The van der Waals surface area contributed by atoms with E-state index in [0.717, 1.165) is 25.5 Å². The molecule has 4 aromatic carbocycles. The van der Waals surface area contributed by atoms with Gasteiger partial charge in [0, 0.05) is 10.6 Å². The molecule has 1 amide bonds. The van der Waals surface area contributed by atoms with Gasteiger partial charge in [0.2, 0.25) is 0 Å². The lowest BCUT2D eigenvalue weighted by atomic mass is 10.0. The molecule has 0 aliphatic heterocycles. The maximum Gasteiger partial charge on any atom is 0.271 e. The molecule has 34 heavy (non-hydrogen) atoms. The third kappa shape index (κ3) is 5.87. The number of rotatable bonds is 8. The predicted molar refractivity (Wildman–Crippen MR) is 145 cm³/mol. The summed E-state index contributed by atoms with van der Waals surface area (Å²) in [5, 5.41) is 6.73. The topological polar surface area (TPSA) is 59.9 Å². The van der Waals surface area contributed by atoms with Crippen molar-refractivity contribution in [1.82, 2.24) is 5.43 Å². The highest BCUT2D eigenvalue weighted by atomic mass is 127. The fourth-order valence-corrected chi connectivity index (χ4v) is 4.36. The van der Waals surface area contributed by atoms with Gasteiger partial charge < -0.3 is 9.47 Å². The van der Waals surface area contributed by atoms with E-state index in [1.807, 2.05) is 79.7 Å². The van der Waals surface area contributed by atoms with Crippen molar-refractivity contribution in [3.8, 4) is 11.5 Å². The van der Waals surface area contributed by atoms with Crippen molar-refractivity contribution < 1.29 is 14.3 Å². The molecule has 0 bridgehead atoms. The summed E-state index contributed by atoms with van der Waals surface area (Å²) in [5.74, 6) is 1.01. The van der Waals surface area contributed by atoms with Gasteiger partial charge in [0.25, 0.3) is 5.91 Å². The molecule has 5 nitrogen and oxygen atoms in total. The van der Waals surface area contributed by atoms with Crippen LogP contribution in [0.3, 0.4) is 0 Å². The summed E-state index contributed by atoms with van der Waals surface area (Å²) in [6.45, 7) is 2.80. The lowest BCUT2D eigenvalue weighted by Crippen LogP contribution is -2.18. The van der Waals surface area contributed by atoms with E-state index >= 15 is 0 Å². The Morgan fingerprint density at radius 3 is 2.59 bits per heavy atom. The average Bonchev–Trinajstić information content (AvgIpc) is 2.84. The largest absolute Gasteiger partial charge is 0.490 e. The summed E-state index contributed by atoms with van der Waals surface area (Å²) in [4.78, 5) is 12.7. The van der Waals surface area contributed by atoms with Gasteiger partial charge in [0.15, 0.2) is 11.5 Å². The normalized spacial score (nSPS) is 11.0. The third-order valence-electron chi connectivity index (χ3n) is 5.04. The lowest BCUT2D eigenvalue weighted by molar-refractivity contribution is 0.0957. The van der Waals surface area contributed by atoms with E-state index in [1.165, 1.54) is 0 Å². The number of nitrogens with zero attached hydrogens (tertiary/aromatic N) is 1. The molecule has 7 heteroatoms. The van der Waals surface area contributed by atoms with Crippen LogP contribution >= 0.6 is 34.2 Å². The van der Waals surface area contributed by atoms with Crippen LogP contribution in [0.2, 0.25) is 5.02 Å². The Balaban J connectivity index is 1.49. The number of amides is 1. The van der Waals surface area contributed by atoms with Crippen LogP contribution in [0.25, 0.3) is 10.8 Å². The zero-order chi connectivity index (χ0) is 23.9. The van der Waals surface area contributed by atoms with Crippen molar-refractivity contribution >= 4 is 57.1 Å². The van der Waals surface area contributed by atoms with Crippen molar-refractivity contribution in [3.05, 3.63) is 104 Å². The molecule has 1 N–H and O–H groups in total. The van der Waals surface area contributed by atoms with Crippen LogP contribution < -0.4 is 14.9 Å². The number of hydrazone groups is 1. The monoisotopic (exact) mass is 584 g/mol. The molecule has 0 fully saturated rings. The molecule has 0 atom stereocenters. The maximum absolute atomic E-state index is 12.7. The molecular weight excluding hydrogens is 563 g/mol. The van der Waals surface area contributed by atoms with E-state index in [9.17, 15) is 4.79 Å². The fourth-order valence-electron chi connectivity index (χ4n) is 3.45.